The zero-order valence-electron chi connectivity index (χ0n) is 17.0. The van der Waals surface area contributed by atoms with Gasteiger partial charge in [0.2, 0.25) is 5.78 Å². The van der Waals surface area contributed by atoms with E-state index in [4.69, 9.17) is 5.73 Å². The fourth-order valence-corrected chi connectivity index (χ4v) is 3.60. The van der Waals surface area contributed by atoms with Gasteiger partial charge in [-0.1, -0.05) is 17.4 Å². The summed E-state index contributed by atoms with van der Waals surface area (Å²) in [6.07, 6.45) is 0. The van der Waals surface area contributed by atoms with Gasteiger partial charge in [-0.25, -0.2) is 13.8 Å². The number of hydrogen-bond donors (Lipinski definition) is 2. The second kappa shape index (κ2) is 9.52. The summed E-state index contributed by atoms with van der Waals surface area (Å²) in [6.45, 7) is -0.187. The number of nitrogen functional groups attached to an aromatic ring is 1. The Balaban J connectivity index is 1.74. The first-order valence-electron chi connectivity index (χ1n) is 9.15. The topological polar surface area (TPSA) is 115 Å². The van der Waals surface area contributed by atoms with Crippen LogP contribution in [0.15, 0.2) is 42.5 Å². The van der Waals surface area contributed by atoms with Crippen LogP contribution in [0.4, 0.5) is 25.4 Å². The Morgan fingerprint density at radius 3 is 2.34 bits per heavy atom. The second-order valence-electron chi connectivity index (χ2n) is 6.60. The number of nitrogens with zero attached hydrogens (tertiary/aromatic N) is 2. The molecular formula is C21H18F2N4O4S. The van der Waals surface area contributed by atoms with E-state index in [2.05, 4.69) is 15.0 Å². The molecule has 1 aromatic heterocycles. The number of carbonyl (C=O) groups is 3. The lowest BCUT2D eigenvalue weighted by Crippen LogP contribution is -2.32. The number of ether oxygens (including phenoxy) is 1. The van der Waals surface area contributed by atoms with Crippen molar-refractivity contribution < 1.29 is 27.9 Å². The third-order valence-corrected chi connectivity index (χ3v) is 5.36. The van der Waals surface area contributed by atoms with E-state index in [0.717, 1.165) is 29.5 Å². The lowest BCUT2D eigenvalue weighted by Gasteiger charge is -2.15. The minimum absolute atomic E-state index is 0.104. The molecular weight excluding hydrogens is 442 g/mol. The molecule has 0 bridgehead atoms. The van der Waals surface area contributed by atoms with Crippen molar-refractivity contribution in [3.63, 3.8) is 0 Å². The molecule has 3 aromatic rings. The highest BCUT2D eigenvalue weighted by atomic mass is 32.1. The zero-order chi connectivity index (χ0) is 23.4. The first-order valence-corrected chi connectivity index (χ1v) is 9.97. The second-order valence-corrected chi connectivity index (χ2v) is 7.60. The smallest absolute Gasteiger partial charge is 0.325 e. The van der Waals surface area contributed by atoms with Crippen LogP contribution < -0.4 is 11.1 Å². The summed E-state index contributed by atoms with van der Waals surface area (Å²) in [5, 5.41) is 3.15. The molecule has 0 saturated carbocycles. The number of halogens is 2. The van der Waals surface area contributed by atoms with Gasteiger partial charge in [-0.2, -0.15) is 0 Å². The zero-order valence-corrected chi connectivity index (χ0v) is 17.8. The van der Waals surface area contributed by atoms with Crippen LogP contribution >= 0.6 is 11.3 Å². The summed E-state index contributed by atoms with van der Waals surface area (Å²) in [5.74, 6) is -3.97. The van der Waals surface area contributed by atoms with Gasteiger partial charge in [-0.15, -0.1) is 0 Å². The highest BCUT2D eigenvalue weighted by molar-refractivity contribution is 7.18. The van der Waals surface area contributed by atoms with Gasteiger partial charge in [-0.3, -0.25) is 14.4 Å². The number of amides is 1. The molecule has 2 aromatic carbocycles. The van der Waals surface area contributed by atoms with Gasteiger partial charge >= 0.3 is 5.97 Å². The molecule has 0 fully saturated rings. The van der Waals surface area contributed by atoms with Crippen LogP contribution in [-0.2, 0) is 9.53 Å². The van der Waals surface area contributed by atoms with Gasteiger partial charge in [0.1, 0.15) is 28.9 Å². The first-order chi connectivity index (χ1) is 15.2. The molecule has 11 heteroatoms. The van der Waals surface area contributed by atoms with Gasteiger partial charge in [-0.05, 0) is 36.4 Å². The molecule has 3 N–H and O–H groups in total. The number of esters is 1. The minimum Gasteiger partial charge on any atom is -0.468 e. The van der Waals surface area contributed by atoms with Crippen molar-refractivity contribution in [1.82, 2.24) is 9.88 Å². The fraction of sp³-hybridized carbons (Fsp3) is 0.143. The van der Waals surface area contributed by atoms with Crippen molar-refractivity contribution in [3.8, 4) is 0 Å². The van der Waals surface area contributed by atoms with E-state index in [0.29, 0.717) is 11.3 Å². The number of methoxy groups -OCH3 is 1. The van der Waals surface area contributed by atoms with Crippen LogP contribution in [0, 0.1) is 11.6 Å². The van der Waals surface area contributed by atoms with E-state index in [9.17, 15) is 23.2 Å². The Morgan fingerprint density at radius 2 is 1.75 bits per heavy atom. The van der Waals surface area contributed by atoms with E-state index >= 15 is 0 Å². The van der Waals surface area contributed by atoms with E-state index in [-0.39, 0.29) is 28.3 Å². The SMILES string of the molecule is COC(=O)CN(C)C(=O)c1ccc(Nc2nc(N)c(C(=O)c3c(F)cccc3F)s2)cc1. The summed E-state index contributed by atoms with van der Waals surface area (Å²) in [6, 6.07) is 9.39. The van der Waals surface area contributed by atoms with E-state index in [1.165, 1.54) is 31.2 Å². The summed E-state index contributed by atoms with van der Waals surface area (Å²) >= 11 is 0.843. The van der Waals surface area contributed by atoms with E-state index in [1.807, 2.05) is 0 Å². The molecule has 0 saturated heterocycles. The molecule has 32 heavy (non-hydrogen) atoms. The summed E-state index contributed by atoms with van der Waals surface area (Å²) < 4.78 is 32.4. The van der Waals surface area contributed by atoms with Crippen molar-refractivity contribution in [2.45, 2.75) is 0 Å². The van der Waals surface area contributed by atoms with Gasteiger partial charge in [0.15, 0.2) is 5.13 Å². The molecule has 0 unspecified atom stereocenters. The van der Waals surface area contributed by atoms with E-state index < -0.39 is 29.0 Å². The number of nitrogens with two attached hydrogens (primary N) is 1. The Morgan fingerprint density at radius 1 is 1.12 bits per heavy atom. The molecule has 8 nitrogen and oxygen atoms in total. The number of likely N-dealkylation sites (N-methyl/N-ethyl adjacent to an activating group) is 1. The summed E-state index contributed by atoms with van der Waals surface area (Å²) in [4.78, 5) is 41.4. The third-order valence-electron chi connectivity index (χ3n) is 4.37. The van der Waals surface area contributed by atoms with E-state index in [1.54, 1.807) is 12.1 Å². The molecule has 0 aliphatic carbocycles. The number of rotatable bonds is 7. The van der Waals surface area contributed by atoms with Crippen molar-refractivity contribution >= 4 is 45.6 Å². The Labute approximate surface area is 185 Å². The van der Waals surface area contributed by atoms with Crippen molar-refractivity contribution in [2.75, 3.05) is 31.8 Å². The quantitative estimate of drug-likeness (QED) is 0.411. The maximum absolute atomic E-state index is 13.9. The van der Waals surface area contributed by atoms with Crippen LogP contribution in [0.25, 0.3) is 0 Å². The number of hydrogen-bond acceptors (Lipinski definition) is 8. The standard InChI is InChI=1S/C21H18F2N4O4S/c1-27(10-15(28)31-2)20(30)11-6-8-12(9-7-11)25-21-26-19(24)18(32-21)17(29)16-13(22)4-3-5-14(16)23/h3-9H,10,24H2,1-2H3,(H,25,26). The number of carbonyl (C=O) groups excluding carboxylic acids is 3. The Kier molecular flexibility index (Phi) is 6.79. The van der Waals surface area contributed by atoms with Gasteiger partial charge in [0.25, 0.3) is 5.91 Å². The number of anilines is 3. The van der Waals surface area contributed by atoms with Gasteiger partial charge < -0.3 is 20.7 Å². The van der Waals surface area contributed by atoms with Crippen LogP contribution in [0.1, 0.15) is 25.6 Å². The predicted octanol–water partition coefficient (Wildman–Crippen LogP) is 3.22. The van der Waals surface area contributed by atoms with Crippen molar-refractivity contribution in [3.05, 3.63) is 70.1 Å². The molecule has 1 heterocycles. The molecule has 0 spiro atoms. The summed E-state index contributed by atoms with van der Waals surface area (Å²) in [5.41, 5.74) is 5.96. The normalized spacial score (nSPS) is 10.5. The molecule has 0 aliphatic heterocycles. The maximum Gasteiger partial charge on any atom is 0.325 e. The number of nitrogens with one attached hydrogen (secondary N) is 1. The Bertz CT molecular complexity index is 1160. The molecule has 3 rings (SSSR count). The first kappa shape index (κ1) is 22.8. The van der Waals surface area contributed by atoms with Crippen LogP contribution in [-0.4, -0.2) is 48.2 Å². The lowest BCUT2D eigenvalue weighted by atomic mass is 10.1. The number of ketones is 1. The van der Waals surface area contributed by atoms with Gasteiger partial charge in [0, 0.05) is 18.3 Å². The van der Waals surface area contributed by atoms with Crippen LogP contribution in [0.3, 0.4) is 0 Å². The molecule has 0 atom stereocenters. The minimum atomic E-state index is -0.991. The van der Waals surface area contributed by atoms with Crippen LogP contribution in [0.2, 0.25) is 0 Å². The van der Waals surface area contributed by atoms with Crippen LogP contribution in [0.5, 0.6) is 0 Å². The highest BCUT2D eigenvalue weighted by Gasteiger charge is 2.24. The monoisotopic (exact) mass is 460 g/mol. The fourth-order valence-electron chi connectivity index (χ4n) is 2.75. The maximum atomic E-state index is 13.9. The predicted molar refractivity (Wildman–Crippen MR) is 115 cm³/mol. The summed E-state index contributed by atoms with van der Waals surface area (Å²) in [7, 11) is 2.71. The molecule has 0 radical (unpaired) electrons. The number of aromatic nitrogens is 1. The average molecular weight is 460 g/mol. The highest BCUT2D eigenvalue weighted by Crippen LogP contribution is 2.31. The third kappa shape index (κ3) is 4.89. The van der Waals surface area contributed by atoms with Crippen molar-refractivity contribution in [2.24, 2.45) is 0 Å². The Hall–Kier alpha value is -3.86. The lowest BCUT2D eigenvalue weighted by molar-refractivity contribution is -0.141. The number of thiazole rings is 1. The number of benzene rings is 2. The molecule has 0 aliphatic rings. The van der Waals surface area contributed by atoms with Crippen molar-refractivity contribution in [1.29, 1.82) is 0 Å². The largest absolute Gasteiger partial charge is 0.468 e. The van der Waals surface area contributed by atoms with Gasteiger partial charge in [0.05, 0.1) is 12.7 Å². The average Bonchev–Trinajstić information content (AvgIpc) is 3.13. The molecule has 1 amide bonds. The molecule has 166 valence electrons.